The molecule has 0 fully saturated rings. The van der Waals surface area contributed by atoms with E-state index < -0.39 is 0 Å². The molecule has 3 rings (SSSR count). The zero-order valence-corrected chi connectivity index (χ0v) is 13.9. The molecule has 0 saturated carbocycles. The fraction of sp³-hybridized carbons (Fsp3) is 0.263. The normalized spacial score (nSPS) is 11.3. The van der Waals surface area contributed by atoms with Crippen molar-refractivity contribution in [2.75, 3.05) is 13.1 Å². The van der Waals surface area contributed by atoms with E-state index in [0.717, 1.165) is 24.3 Å². The second-order valence-electron chi connectivity index (χ2n) is 5.96. The molecule has 0 aliphatic heterocycles. The van der Waals surface area contributed by atoms with Crippen molar-refractivity contribution in [3.63, 3.8) is 0 Å². The third-order valence-corrected chi connectivity index (χ3v) is 4.02. The van der Waals surface area contributed by atoms with Crippen LogP contribution in [0.4, 0.5) is 0 Å². The second kappa shape index (κ2) is 7.38. The molecule has 2 N–H and O–H groups in total. The largest absolute Gasteiger partial charge is 0.329 e. The van der Waals surface area contributed by atoms with Crippen LogP contribution in [-0.2, 0) is 13.1 Å². The molecule has 2 aromatic heterocycles. The summed E-state index contributed by atoms with van der Waals surface area (Å²) in [5, 5.41) is 0. The van der Waals surface area contributed by atoms with Gasteiger partial charge in [0.2, 0.25) is 0 Å². The van der Waals surface area contributed by atoms with Gasteiger partial charge in [0.15, 0.2) is 0 Å². The van der Waals surface area contributed by atoms with Gasteiger partial charge in [-0.3, -0.25) is 14.1 Å². The van der Waals surface area contributed by atoms with Gasteiger partial charge < -0.3 is 5.73 Å². The zero-order chi connectivity index (χ0) is 16.9. The molecule has 24 heavy (non-hydrogen) atoms. The van der Waals surface area contributed by atoms with Crippen molar-refractivity contribution >= 4 is 5.65 Å². The van der Waals surface area contributed by atoms with Crippen LogP contribution in [0.1, 0.15) is 16.8 Å². The molecule has 5 nitrogen and oxygen atoms in total. The van der Waals surface area contributed by atoms with Crippen LogP contribution in [0, 0.1) is 6.92 Å². The number of aryl methyl sites for hydroxylation is 1. The van der Waals surface area contributed by atoms with E-state index in [2.05, 4.69) is 22.0 Å². The first kappa shape index (κ1) is 16.4. The molecule has 0 radical (unpaired) electrons. The molecular weight excluding hydrogens is 300 g/mol. The van der Waals surface area contributed by atoms with E-state index in [1.807, 2.05) is 37.3 Å². The molecule has 5 heteroatoms. The van der Waals surface area contributed by atoms with E-state index in [1.165, 1.54) is 5.56 Å². The molecule has 2 heterocycles. The van der Waals surface area contributed by atoms with Gasteiger partial charge >= 0.3 is 0 Å². The highest BCUT2D eigenvalue weighted by molar-refractivity contribution is 5.46. The molecule has 0 bridgehead atoms. The lowest BCUT2D eigenvalue weighted by Gasteiger charge is -2.21. The van der Waals surface area contributed by atoms with Crippen molar-refractivity contribution in [1.29, 1.82) is 0 Å². The highest BCUT2D eigenvalue weighted by Crippen LogP contribution is 2.10. The summed E-state index contributed by atoms with van der Waals surface area (Å²) < 4.78 is 1.59. The topological polar surface area (TPSA) is 63.6 Å². The smallest absolute Gasteiger partial charge is 0.258 e. The predicted molar refractivity (Wildman–Crippen MR) is 95.8 cm³/mol. The van der Waals surface area contributed by atoms with Crippen molar-refractivity contribution < 1.29 is 0 Å². The average Bonchev–Trinajstić information content (AvgIpc) is 2.57. The van der Waals surface area contributed by atoms with Gasteiger partial charge in [0.05, 0.1) is 5.69 Å². The monoisotopic (exact) mass is 322 g/mol. The molecule has 0 aliphatic carbocycles. The van der Waals surface area contributed by atoms with Gasteiger partial charge in [-0.15, -0.1) is 0 Å². The Hall–Kier alpha value is -2.50. The molecular formula is C19H22N4O. The summed E-state index contributed by atoms with van der Waals surface area (Å²) in [4.78, 5) is 19.2. The number of aromatic nitrogens is 2. The lowest BCUT2D eigenvalue weighted by Crippen LogP contribution is -2.30. The Bertz CT molecular complexity index is 873. The number of nitrogens with zero attached hydrogens (tertiary/aromatic N) is 3. The molecule has 0 atom stereocenters. The van der Waals surface area contributed by atoms with Crippen LogP contribution in [0.3, 0.4) is 0 Å². The number of benzene rings is 1. The van der Waals surface area contributed by atoms with E-state index in [-0.39, 0.29) is 5.56 Å². The number of hydrogen-bond donors (Lipinski definition) is 1. The van der Waals surface area contributed by atoms with Crippen molar-refractivity contribution in [3.05, 3.63) is 81.9 Å². The zero-order valence-electron chi connectivity index (χ0n) is 13.9. The Morgan fingerprint density at radius 3 is 2.67 bits per heavy atom. The van der Waals surface area contributed by atoms with Gasteiger partial charge in [-0.1, -0.05) is 36.4 Å². The number of fused-ring (bicyclic) bond motifs is 1. The number of pyridine rings is 1. The van der Waals surface area contributed by atoms with Crippen LogP contribution in [0.5, 0.6) is 0 Å². The summed E-state index contributed by atoms with van der Waals surface area (Å²) in [6, 6.07) is 15.7. The summed E-state index contributed by atoms with van der Waals surface area (Å²) in [7, 11) is 0. The van der Waals surface area contributed by atoms with Crippen molar-refractivity contribution in [2.45, 2.75) is 20.0 Å². The Kier molecular flexibility index (Phi) is 5.03. The maximum atomic E-state index is 12.3. The molecule has 0 aliphatic rings. The highest BCUT2D eigenvalue weighted by atomic mass is 16.1. The van der Waals surface area contributed by atoms with Crippen LogP contribution in [-0.4, -0.2) is 27.4 Å². The molecule has 3 aromatic rings. The van der Waals surface area contributed by atoms with Gasteiger partial charge in [-0.25, -0.2) is 4.98 Å². The molecule has 0 unspecified atom stereocenters. The van der Waals surface area contributed by atoms with Crippen LogP contribution in [0.25, 0.3) is 5.65 Å². The Morgan fingerprint density at radius 2 is 1.92 bits per heavy atom. The maximum absolute atomic E-state index is 12.3. The number of rotatable bonds is 6. The summed E-state index contributed by atoms with van der Waals surface area (Å²) in [5.41, 5.74) is 9.41. The summed E-state index contributed by atoms with van der Waals surface area (Å²) in [6.45, 7) is 4.67. The van der Waals surface area contributed by atoms with Gasteiger partial charge in [0, 0.05) is 38.4 Å². The number of nitrogens with two attached hydrogens (primary N) is 1. The molecule has 124 valence electrons. The first-order valence-corrected chi connectivity index (χ1v) is 8.11. The molecule has 0 saturated heterocycles. The lowest BCUT2D eigenvalue weighted by atomic mass is 10.2. The van der Waals surface area contributed by atoms with Crippen molar-refractivity contribution in [3.8, 4) is 0 Å². The average molecular weight is 322 g/mol. The quantitative estimate of drug-likeness (QED) is 0.753. The fourth-order valence-electron chi connectivity index (χ4n) is 2.86. The highest BCUT2D eigenvalue weighted by Gasteiger charge is 2.10. The Labute approximate surface area is 141 Å². The van der Waals surface area contributed by atoms with Crippen molar-refractivity contribution in [2.24, 2.45) is 5.73 Å². The minimum Gasteiger partial charge on any atom is -0.329 e. The summed E-state index contributed by atoms with van der Waals surface area (Å²) >= 11 is 0. The standard InChI is InChI=1S/C19H22N4O/c1-15-6-5-10-23-18(24)12-17(21-19(15)23)14-22(11-9-20)13-16-7-3-2-4-8-16/h2-8,10,12H,9,11,13-14,20H2,1H3. The third-order valence-electron chi connectivity index (χ3n) is 4.02. The SMILES string of the molecule is Cc1cccn2c(=O)cc(CN(CCN)Cc3ccccc3)nc12. The Balaban J connectivity index is 1.88. The van der Waals surface area contributed by atoms with E-state index in [1.54, 1.807) is 16.7 Å². The number of hydrogen-bond acceptors (Lipinski definition) is 4. The molecule has 1 aromatic carbocycles. The summed E-state index contributed by atoms with van der Waals surface area (Å²) in [6.07, 6.45) is 1.75. The Morgan fingerprint density at radius 1 is 1.12 bits per heavy atom. The van der Waals surface area contributed by atoms with E-state index >= 15 is 0 Å². The fourth-order valence-corrected chi connectivity index (χ4v) is 2.86. The van der Waals surface area contributed by atoms with Gasteiger partial charge in [0.25, 0.3) is 5.56 Å². The minimum atomic E-state index is -0.0499. The predicted octanol–water partition coefficient (Wildman–Crippen LogP) is 1.96. The van der Waals surface area contributed by atoms with Crippen LogP contribution >= 0.6 is 0 Å². The maximum Gasteiger partial charge on any atom is 0.258 e. The van der Waals surface area contributed by atoms with Crippen LogP contribution in [0.2, 0.25) is 0 Å². The second-order valence-corrected chi connectivity index (χ2v) is 5.96. The minimum absolute atomic E-state index is 0.0499. The summed E-state index contributed by atoms with van der Waals surface area (Å²) in [5.74, 6) is 0. The molecule has 0 spiro atoms. The van der Waals surface area contributed by atoms with Gasteiger partial charge in [-0.2, -0.15) is 0 Å². The van der Waals surface area contributed by atoms with Gasteiger partial charge in [0.1, 0.15) is 5.65 Å². The lowest BCUT2D eigenvalue weighted by molar-refractivity contribution is 0.261. The molecule has 0 amide bonds. The third kappa shape index (κ3) is 3.69. The van der Waals surface area contributed by atoms with E-state index in [4.69, 9.17) is 5.73 Å². The van der Waals surface area contributed by atoms with Crippen LogP contribution in [0.15, 0.2) is 59.5 Å². The van der Waals surface area contributed by atoms with E-state index in [9.17, 15) is 4.79 Å². The first-order valence-electron chi connectivity index (χ1n) is 8.11. The van der Waals surface area contributed by atoms with Gasteiger partial charge in [-0.05, 0) is 24.1 Å². The van der Waals surface area contributed by atoms with E-state index in [0.29, 0.717) is 18.7 Å². The van der Waals surface area contributed by atoms with Crippen LogP contribution < -0.4 is 11.3 Å². The first-order chi connectivity index (χ1) is 11.7. The van der Waals surface area contributed by atoms with Crippen molar-refractivity contribution in [1.82, 2.24) is 14.3 Å².